The first-order valence-electron chi connectivity index (χ1n) is 8.68. The van der Waals surface area contributed by atoms with Gasteiger partial charge in [-0.15, -0.1) is 0 Å². The van der Waals surface area contributed by atoms with Gasteiger partial charge in [0.2, 0.25) is 0 Å². The molecule has 0 fully saturated rings. The summed E-state index contributed by atoms with van der Waals surface area (Å²) in [7, 11) is 0. The van der Waals surface area contributed by atoms with Crippen molar-refractivity contribution in [3.8, 4) is 0 Å². The van der Waals surface area contributed by atoms with Crippen molar-refractivity contribution < 1.29 is 9.53 Å². The number of carbonyl (C=O) groups excluding carboxylic acids is 1. The van der Waals surface area contributed by atoms with Crippen LogP contribution in [-0.4, -0.2) is 20.7 Å². The van der Waals surface area contributed by atoms with Crippen molar-refractivity contribution in [1.29, 1.82) is 0 Å². The van der Waals surface area contributed by atoms with Crippen LogP contribution >= 0.6 is 0 Å². The fourth-order valence-corrected chi connectivity index (χ4v) is 2.87. The zero-order chi connectivity index (χ0) is 19.4. The second-order valence-electron chi connectivity index (χ2n) is 6.40. The molecular weight excluding hydrogens is 342 g/mol. The van der Waals surface area contributed by atoms with Gasteiger partial charge in [-0.25, -0.2) is 4.68 Å². The number of pyridine rings is 1. The van der Waals surface area contributed by atoms with Gasteiger partial charge in [0.05, 0.1) is 19.3 Å². The Labute approximate surface area is 158 Å². The first kappa shape index (κ1) is 18.6. The van der Waals surface area contributed by atoms with E-state index in [1.54, 1.807) is 10.9 Å². The number of benzene rings is 1. The van der Waals surface area contributed by atoms with Crippen LogP contribution in [-0.2, 0) is 18.0 Å². The molecule has 0 radical (unpaired) electrons. The van der Waals surface area contributed by atoms with Crippen LogP contribution in [0.1, 0.15) is 45.8 Å². The largest absolute Gasteiger partial charge is 0.383 e. The molecule has 1 amide bonds. The van der Waals surface area contributed by atoms with E-state index in [9.17, 15) is 4.79 Å². The molecule has 0 saturated carbocycles. The number of nitrogens with zero attached hydrogens (tertiary/aromatic N) is 3. The Hall–Kier alpha value is -3.19. The van der Waals surface area contributed by atoms with Crippen LogP contribution in [0.2, 0.25) is 0 Å². The number of amides is 1. The van der Waals surface area contributed by atoms with Gasteiger partial charge < -0.3 is 16.2 Å². The van der Waals surface area contributed by atoms with Crippen molar-refractivity contribution in [3.63, 3.8) is 0 Å². The van der Waals surface area contributed by atoms with Gasteiger partial charge in [0.15, 0.2) is 0 Å². The summed E-state index contributed by atoms with van der Waals surface area (Å²) in [5.74, 6) is -0.389. The van der Waals surface area contributed by atoms with E-state index in [1.165, 1.54) is 0 Å². The highest BCUT2D eigenvalue weighted by Gasteiger charge is 2.23. The number of carbonyl (C=O) groups is 1. The molecule has 4 N–H and O–H groups in total. The van der Waals surface area contributed by atoms with Crippen LogP contribution in [0, 0.1) is 6.92 Å². The van der Waals surface area contributed by atoms with Crippen molar-refractivity contribution in [2.45, 2.75) is 33.1 Å². The number of anilines is 1. The second kappa shape index (κ2) is 8.01. The molecule has 27 heavy (non-hydrogen) atoms. The zero-order valence-electron chi connectivity index (χ0n) is 15.4. The summed E-state index contributed by atoms with van der Waals surface area (Å²) in [4.78, 5) is 16.2. The molecule has 1 atom stereocenters. The first-order valence-corrected chi connectivity index (χ1v) is 8.68. The molecule has 0 saturated heterocycles. The zero-order valence-corrected chi connectivity index (χ0v) is 15.4. The number of primary amides is 1. The van der Waals surface area contributed by atoms with Crippen LogP contribution in [0.25, 0.3) is 0 Å². The number of nitrogens with two attached hydrogens (primary N) is 2. The van der Waals surface area contributed by atoms with Crippen molar-refractivity contribution >= 4 is 11.7 Å². The van der Waals surface area contributed by atoms with Gasteiger partial charge >= 0.3 is 0 Å². The summed E-state index contributed by atoms with van der Waals surface area (Å²) in [5.41, 5.74) is 15.2. The molecule has 1 unspecified atom stereocenters. The smallest absolute Gasteiger partial charge is 0.254 e. The van der Waals surface area contributed by atoms with Crippen LogP contribution in [0.15, 0.2) is 48.7 Å². The van der Waals surface area contributed by atoms with Crippen molar-refractivity contribution in [2.24, 2.45) is 5.73 Å². The number of hydrogen-bond donors (Lipinski definition) is 2. The molecule has 2 aromatic heterocycles. The Morgan fingerprint density at radius 1 is 1.19 bits per heavy atom. The van der Waals surface area contributed by atoms with Gasteiger partial charge in [-0.2, -0.15) is 5.10 Å². The molecule has 140 valence electrons. The SMILES string of the molecule is Cc1ccc(C(C)n2nc(COCc3ccccc3)c(C(N)=O)c2N)cn1. The molecule has 1 aromatic carbocycles. The number of ether oxygens (including phenoxy) is 1. The summed E-state index contributed by atoms with van der Waals surface area (Å²) in [5, 5.41) is 4.50. The normalized spacial score (nSPS) is 12.1. The maximum absolute atomic E-state index is 11.9. The summed E-state index contributed by atoms with van der Waals surface area (Å²) in [6.45, 7) is 4.41. The minimum absolute atomic E-state index is 0.142. The number of rotatable bonds is 7. The average molecular weight is 365 g/mol. The van der Waals surface area contributed by atoms with E-state index in [0.717, 1.165) is 16.8 Å². The minimum atomic E-state index is -0.619. The van der Waals surface area contributed by atoms with Gasteiger partial charge in [-0.05, 0) is 31.0 Å². The lowest BCUT2D eigenvalue weighted by molar-refractivity contribution is 0.0959. The van der Waals surface area contributed by atoms with Crippen LogP contribution < -0.4 is 11.5 Å². The summed E-state index contributed by atoms with van der Waals surface area (Å²) in [6, 6.07) is 13.4. The van der Waals surface area contributed by atoms with Gasteiger partial charge in [-0.1, -0.05) is 36.4 Å². The fourth-order valence-electron chi connectivity index (χ4n) is 2.87. The lowest BCUT2D eigenvalue weighted by Gasteiger charge is -2.14. The number of hydrogen-bond acceptors (Lipinski definition) is 5. The van der Waals surface area contributed by atoms with E-state index in [4.69, 9.17) is 16.2 Å². The molecule has 3 aromatic rings. The maximum Gasteiger partial charge on any atom is 0.254 e. The van der Waals surface area contributed by atoms with Crippen molar-refractivity contribution in [1.82, 2.24) is 14.8 Å². The van der Waals surface area contributed by atoms with Gasteiger partial charge in [0, 0.05) is 11.9 Å². The topological polar surface area (TPSA) is 109 Å². The molecule has 7 nitrogen and oxygen atoms in total. The minimum Gasteiger partial charge on any atom is -0.383 e. The maximum atomic E-state index is 11.9. The lowest BCUT2D eigenvalue weighted by atomic mass is 10.1. The third kappa shape index (κ3) is 4.15. The van der Waals surface area contributed by atoms with E-state index in [-0.39, 0.29) is 24.0 Å². The molecule has 3 rings (SSSR count). The standard InChI is InChI=1S/C20H23N5O2/c1-13-8-9-16(10-23-13)14(2)25-19(21)18(20(22)26)17(24-25)12-27-11-15-6-4-3-5-7-15/h3-10,14H,11-12,21H2,1-2H3,(H2,22,26). The summed E-state index contributed by atoms with van der Waals surface area (Å²) in [6.07, 6.45) is 1.77. The summed E-state index contributed by atoms with van der Waals surface area (Å²) < 4.78 is 7.31. The molecule has 0 aliphatic carbocycles. The van der Waals surface area contributed by atoms with Gasteiger partial charge in [-0.3, -0.25) is 9.78 Å². The number of aryl methyl sites for hydroxylation is 1. The predicted molar refractivity (Wildman–Crippen MR) is 103 cm³/mol. The highest BCUT2D eigenvalue weighted by atomic mass is 16.5. The number of aromatic nitrogens is 3. The van der Waals surface area contributed by atoms with E-state index >= 15 is 0 Å². The summed E-state index contributed by atoms with van der Waals surface area (Å²) >= 11 is 0. The second-order valence-corrected chi connectivity index (χ2v) is 6.40. The molecule has 0 aliphatic heterocycles. The van der Waals surface area contributed by atoms with E-state index in [2.05, 4.69) is 10.1 Å². The van der Waals surface area contributed by atoms with Crippen LogP contribution in [0.4, 0.5) is 5.82 Å². The molecule has 7 heteroatoms. The number of nitrogen functional groups attached to an aromatic ring is 1. The Kier molecular flexibility index (Phi) is 5.52. The molecule has 0 spiro atoms. The Morgan fingerprint density at radius 2 is 1.93 bits per heavy atom. The lowest BCUT2D eigenvalue weighted by Crippen LogP contribution is -2.16. The Morgan fingerprint density at radius 3 is 2.56 bits per heavy atom. The quantitative estimate of drug-likeness (QED) is 0.669. The van der Waals surface area contributed by atoms with Crippen molar-refractivity contribution in [2.75, 3.05) is 5.73 Å². The van der Waals surface area contributed by atoms with E-state index in [0.29, 0.717) is 12.3 Å². The monoisotopic (exact) mass is 365 g/mol. The third-order valence-electron chi connectivity index (χ3n) is 4.40. The van der Waals surface area contributed by atoms with Gasteiger partial charge in [0.25, 0.3) is 5.91 Å². The first-order chi connectivity index (χ1) is 13.0. The highest BCUT2D eigenvalue weighted by Crippen LogP contribution is 2.25. The fraction of sp³-hybridized carbons (Fsp3) is 0.250. The van der Waals surface area contributed by atoms with Crippen LogP contribution in [0.3, 0.4) is 0 Å². The highest BCUT2D eigenvalue weighted by molar-refractivity contribution is 5.98. The Balaban J connectivity index is 1.82. The van der Waals surface area contributed by atoms with E-state index in [1.807, 2.05) is 56.3 Å². The Bertz CT molecular complexity index is 920. The third-order valence-corrected chi connectivity index (χ3v) is 4.40. The molecule has 0 bridgehead atoms. The van der Waals surface area contributed by atoms with E-state index < -0.39 is 5.91 Å². The van der Waals surface area contributed by atoms with Crippen molar-refractivity contribution in [3.05, 3.63) is 76.7 Å². The predicted octanol–water partition coefficient (Wildman–Crippen LogP) is 2.59. The average Bonchev–Trinajstić information content (AvgIpc) is 2.99. The molecular formula is C20H23N5O2. The molecule has 0 aliphatic rings. The van der Waals surface area contributed by atoms with Gasteiger partial charge in [0.1, 0.15) is 17.1 Å². The van der Waals surface area contributed by atoms with Crippen LogP contribution in [0.5, 0.6) is 0 Å². The molecule has 2 heterocycles.